The van der Waals surface area contributed by atoms with Crippen molar-refractivity contribution in [2.75, 3.05) is 13.1 Å². The summed E-state index contributed by atoms with van der Waals surface area (Å²) in [5.74, 6) is -0.00871. The number of halogens is 3. The number of amides is 1. The normalized spacial score (nSPS) is 17.6. The molecule has 1 aromatic carbocycles. The van der Waals surface area contributed by atoms with Crippen molar-refractivity contribution in [3.8, 4) is 0 Å². The number of hydrogen-bond donors (Lipinski definition) is 0. The van der Waals surface area contributed by atoms with E-state index >= 15 is 0 Å². The number of hydrogen-bond acceptors (Lipinski definition) is 1. The minimum Gasteiger partial charge on any atom is -0.341 e. The average molecular weight is 351 g/mol. The van der Waals surface area contributed by atoms with E-state index in [0.717, 1.165) is 36.0 Å². The van der Waals surface area contributed by atoms with Gasteiger partial charge in [0.15, 0.2) is 0 Å². The van der Waals surface area contributed by atoms with E-state index in [0.29, 0.717) is 5.02 Å². The van der Waals surface area contributed by atoms with Crippen LogP contribution in [0.4, 0.5) is 0 Å². The molecule has 0 bridgehead atoms. The third kappa shape index (κ3) is 3.19. The van der Waals surface area contributed by atoms with Crippen molar-refractivity contribution < 1.29 is 4.79 Å². The number of likely N-dealkylation sites (tertiary alicyclic amines) is 1. The van der Waals surface area contributed by atoms with Gasteiger partial charge in [0.1, 0.15) is 5.38 Å². The molecule has 1 amide bonds. The Balaban J connectivity index is 2.11. The summed E-state index contributed by atoms with van der Waals surface area (Å²) in [6.45, 7) is 1.63. The lowest BCUT2D eigenvalue weighted by Gasteiger charge is -2.28. The summed E-state index contributed by atoms with van der Waals surface area (Å²) in [5.41, 5.74) is 0.781. The van der Waals surface area contributed by atoms with Gasteiger partial charge in [-0.05, 0) is 52.9 Å². The lowest BCUT2D eigenvalue weighted by Crippen LogP contribution is -2.37. The van der Waals surface area contributed by atoms with Crippen LogP contribution in [0.15, 0.2) is 22.7 Å². The van der Waals surface area contributed by atoms with Gasteiger partial charge in [0.25, 0.3) is 0 Å². The Morgan fingerprint density at radius 1 is 1.28 bits per heavy atom. The Morgan fingerprint density at radius 2 is 1.94 bits per heavy atom. The number of piperidine rings is 1. The topological polar surface area (TPSA) is 20.3 Å². The standard InChI is InChI=1S/C13H14BrCl2NO/c14-10-8-9(4-5-11(10)15)12(16)13(18)17-6-2-1-3-7-17/h4-5,8,12H,1-3,6-7H2. The third-order valence-corrected chi connectivity index (χ3v) is 4.77. The maximum absolute atomic E-state index is 12.2. The van der Waals surface area contributed by atoms with Crippen molar-refractivity contribution in [1.82, 2.24) is 4.90 Å². The molecule has 1 aliphatic heterocycles. The van der Waals surface area contributed by atoms with E-state index in [-0.39, 0.29) is 5.91 Å². The molecule has 5 heteroatoms. The van der Waals surface area contributed by atoms with Gasteiger partial charge in [0, 0.05) is 17.6 Å². The lowest BCUT2D eigenvalue weighted by atomic mass is 10.1. The molecule has 0 saturated carbocycles. The van der Waals surface area contributed by atoms with Gasteiger partial charge < -0.3 is 4.90 Å². The van der Waals surface area contributed by atoms with Crippen LogP contribution in [0, 0.1) is 0 Å². The Hall–Kier alpha value is -0.250. The van der Waals surface area contributed by atoms with Gasteiger partial charge in [-0.3, -0.25) is 4.79 Å². The summed E-state index contributed by atoms with van der Waals surface area (Å²) in [7, 11) is 0. The molecule has 0 aromatic heterocycles. The van der Waals surface area contributed by atoms with Gasteiger partial charge in [0.2, 0.25) is 5.91 Å². The molecule has 2 nitrogen and oxygen atoms in total. The van der Waals surface area contributed by atoms with E-state index in [1.165, 1.54) is 6.42 Å². The number of nitrogens with zero attached hydrogens (tertiary/aromatic N) is 1. The Bertz CT molecular complexity index is 447. The average Bonchev–Trinajstić information content (AvgIpc) is 2.41. The summed E-state index contributed by atoms with van der Waals surface area (Å²) in [5, 5.41) is -0.00953. The number of carbonyl (C=O) groups excluding carboxylic acids is 1. The first kappa shape index (κ1) is 14.2. The summed E-state index contributed by atoms with van der Waals surface area (Å²) in [6.07, 6.45) is 3.34. The zero-order chi connectivity index (χ0) is 13.1. The van der Waals surface area contributed by atoms with Crippen molar-refractivity contribution >= 4 is 45.0 Å². The van der Waals surface area contributed by atoms with Gasteiger partial charge in [-0.2, -0.15) is 0 Å². The van der Waals surface area contributed by atoms with Crippen LogP contribution in [0.25, 0.3) is 0 Å². The molecule has 1 aromatic rings. The molecular weight excluding hydrogens is 337 g/mol. The minimum absolute atomic E-state index is 0.00871. The highest BCUT2D eigenvalue weighted by atomic mass is 79.9. The second kappa shape index (κ2) is 6.27. The first-order chi connectivity index (χ1) is 8.59. The predicted molar refractivity (Wildman–Crippen MR) is 78.2 cm³/mol. The number of carbonyl (C=O) groups is 1. The summed E-state index contributed by atoms with van der Waals surface area (Å²) in [4.78, 5) is 14.1. The van der Waals surface area contributed by atoms with Crippen LogP contribution in [0.2, 0.25) is 5.02 Å². The molecule has 18 heavy (non-hydrogen) atoms. The van der Waals surface area contributed by atoms with E-state index in [4.69, 9.17) is 23.2 Å². The molecule has 0 radical (unpaired) electrons. The maximum Gasteiger partial charge on any atom is 0.245 e. The maximum atomic E-state index is 12.2. The Morgan fingerprint density at radius 3 is 2.56 bits per heavy atom. The monoisotopic (exact) mass is 349 g/mol. The highest BCUT2D eigenvalue weighted by molar-refractivity contribution is 9.10. The molecule has 0 spiro atoms. The summed E-state index contributed by atoms with van der Waals surface area (Å²) < 4.78 is 0.763. The molecular formula is C13H14BrCl2NO. The van der Waals surface area contributed by atoms with Crippen LogP contribution in [0.3, 0.4) is 0 Å². The molecule has 0 aliphatic carbocycles. The van der Waals surface area contributed by atoms with Crippen LogP contribution >= 0.6 is 39.1 Å². The fourth-order valence-electron chi connectivity index (χ4n) is 2.09. The van der Waals surface area contributed by atoms with Crippen LogP contribution in [-0.4, -0.2) is 23.9 Å². The summed E-state index contributed by atoms with van der Waals surface area (Å²) >= 11 is 15.5. The zero-order valence-electron chi connectivity index (χ0n) is 9.83. The predicted octanol–water partition coefficient (Wildman–Crippen LogP) is 4.39. The minimum atomic E-state index is -0.628. The molecule has 2 rings (SSSR count). The van der Waals surface area contributed by atoms with Crippen LogP contribution in [0.5, 0.6) is 0 Å². The number of rotatable bonds is 2. The Kier molecular flexibility index (Phi) is 4.93. The van der Waals surface area contributed by atoms with Gasteiger partial charge in [-0.15, -0.1) is 11.6 Å². The molecule has 1 aliphatic rings. The molecule has 0 N–H and O–H groups in total. The quantitative estimate of drug-likeness (QED) is 0.724. The second-order valence-corrected chi connectivity index (χ2v) is 6.12. The number of alkyl halides is 1. The van der Waals surface area contributed by atoms with Crippen LogP contribution in [0.1, 0.15) is 30.2 Å². The van der Waals surface area contributed by atoms with E-state index < -0.39 is 5.38 Å². The first-order valence-corrected chi connectivity index (χ1v) is 7.58. The molecule has 98 valence electrons. The SMILES string of the molecule is O=C(C(Cl)c1ccc(Cl)c(Br)c1)N1CCCCC1. The smallest absolute Gasteiger partial charge is 0.245 e. The zero-order valence-corrected chi connectivity index (χ0v) is 12.9. The van der Waals surface area contributed by atoms with Gasteiger partial charge in [0.05, 0.1) is 5.02 Å². The van der Waals surface area contributed by atoms with Gasteiger partial charge >= 0.3 is 0 Å². The summed E-state index contributed by atoms with van der Waals surface area (Å²) in [6, 6.07) is 5.36. The van der Waals surface area contributed by atoms with E-state index in [1.807, 2.05) is 11.0 Å². The Labute approximate surface area is 125 Å². The van der Waals surface area contributed by atoms with Crippen molar-refractivity contribution in [2.24, 2.45) is 0 Å². The van der Waals surface area contributed by atoms with Crippen LogP contribution in [-0.2, 0) is 4.79 Å². The van der Waals surface area contributed by atoms with Gasteiger partial charge in [-0.1, -0.05) is 17.7 Å². The highest BCUT2D eigenvalue weighted by Gasteiger charge is 2.25. The molecule has 1 saturated heterocycles. The van der Waals surface area contributed by atoms with Crippen molar-refractivity contribution in [2.45, 2.75) is 24.6 Å². The van der Waals surface area contributed by atoms with Crippen molar-refractivity contribution in [3.63, 3.8) is 0 Å². The third-order valence-electron chi connectivity index (χ3n) is 3.12. The second-order valence-electron chi connectivity index (χ2n) is 4.42. The van der Waals surface area contributed by atoms with Crippen molar-refractivity contribution in [1.29, 1.82) is 0 Å². The molecule has 1 fully saturated rings. The molecule has 1 atom stereocenters. The first-order valence-electron chi connectivity index (χ1n) is 5.97. The molecule has 1 unspecified atom stereocenters. The fraction of sp³-hybridized carbons (Fsp3) is 0.462. The van der Waals surface area contributed by atoms with Crippen molar-refractivity contribution in [3.05, 3.63) is 33.3 Å². The van der Waals surface area contributed by atoms with Gasteiger partial charge in [-0.25, -0.2) is 0 Å². The lowest BCUT2D eigenvalue weighted by molar-refractivity contribution is -0.131. The highest BCUT2D eigenvalue weighted by Crippen LogP contribution is 2.30. The molecule has 1 heterocycles. The van der Waals surface area contributed by atoms with Crippen LogP contribution < -0.4 is 0 Å². The van der Waals surface area contributed by atoms with E-state index in [1.54, 1.807) is 12.1 Å². The van der Waals surface area contributed by atoms with E-state index in [2.05, 4.69) is 15.9 Å². The number of benzene rings is 1. The largest absolute Gasteiger partial charge is 0.341 e. The fourth-order valence-corrected chi connectivity index (χ4v) is 2.87. The van der Waals surface area contributed by atoms with E-state index in [9.17, 15) is 4.79 Å².